The number of benzene rings is 1. The van der Waals surface area contributed by atoms with Crippen molar-refractivity contribution < 1.29 is 19.9 Å². The van der Waals surface area contributed by atoms with Crippen molar-refractivity contribution in [1.82, 2.24) is 10.2 Å². The average Bonchev–Trinajstić information content (AvgIpc) is 3.17. The van der Waals surface area contributed by atoms with E-state index in [-0.39, 0.29) is 17.9 Å². The normalized spacial score (nSPS) is 17.6. The minimum Gasteiger partial charge on any atom is -0.347 e. The number of quaternary nitrogens is 1. The molecule has 142 valence electrons. The van der Waals surface area contributed by atoms with Crippen LogP contribution < -0.4 is 15.6 Å². The lowest BCUT2D eigenvalue weighted by Crippen LogP contribution is -2.69. The Kier molecular flexibility index (Phi) is 6.19. The van der Waals surface area contributed by atoms with E-state index < -0.39 is 6.04 Å². The summed E-state index contributed by atoms with van der Waals surface area (Å²) in [6.07, 6.45) is 4.09. The Balaban J connectivity index is 1.59. The first-order valence-corrected chi connectivity index (χ1v) is 9.45. The van der Waals surface area contributed by atoms with Crippen LogP contribution in [0.2, 0.25) is 0 Å². The van der Waals surface area contributed by atoms with Crippen molar-refractivity contribution >= 4 is 11.8 Å². The number of pyridine rings is 1. The van der Waals surface area contributed by atoms with Gasteiger partial charge in [0.15, 0.2) is 17.9 Å². The highest BCUT2D eigenvalue weighted by molar-refractivity contribution is 5.89. The molecule has 27 heavy (non-hydrogen) atoms. The molecule has 1 fully saturated rings. The summed E-state index contributed by atoms with van der Waals surface area (Å²) in [6.45, 7) is 1.07. The maximum absolute atomic E-state index is 12.9. The van der Waals surface area contributed by atoms with E-state index in [4.69, 9.17) is 0 Å². The van der Waals surface area contributed by atoms with Crippen LogP contribution in [0.5, 0.6) is 0 Å². The molecule has 1 saturated heterocycles. The van der Waals surface area contributed by atoms with E-state index in [0.717, 1.165) is 17.7 Å². The zero-order chi connectivity index (χ0) is 19.2. The Morgan fingerprint density at radius 2 is 1.96 bits per heavy atom. The van der Waals surface area contributed by atoms with Gasteiger partial charge in [-0.15, -0.1) is 0 Å². The summed E-state index contributed by atoms with van der Waals surface area (Å²) in [6, 6.07) is 15.0. The molecular weight excluding hydrogens is 340 g/mol. The molecule has 0 bridgehead atoms. The molecule has 2 heterocycles. The molecule has 3 rings (SSSR count). The lowest BCUT2D eigenvalue weighted by atomic mass is 10.1. The van der Waals surface area contributed by atoms with Crippen molar-refractivity contribution in [3.63, 3.8) is 0 Å². The Morgan fingerprint density at radius 1 is 1.22 bits per heavy atom. The molecule has 0 aliphatic carbocycles. The van der Waals surface area contributed by atoms with E-state index in [1.54, 1.807) is 4.90 Å². The van der Waals surface area contributed by atoms with Crippen molar-refractivity contribution in [2.45, 2.75) is 37.9 Å². The fourth-order valence-corrected chi connectivity index (χ4v) is 3.56. The van der Waals surface area contributed by atoms with E-state index >= 15 is 0 Å². The van der Waals surface area contributed by atoms with Gasteiger partial charge in [-0.05, 0) is 18.4 Å². The third-order valence-electron chi connectivity index (χ3n) is 5.12. The maximum atomic E-state index is 12.9. The van der Waals surface area contributed by atoms with Crippen molar-refractivity contribution in [2.75, 3.05) is 6.54 Å². The Bertz CT molecular complexity index is 794. The lowest BCUT2D eigenvalue weighted by molar-refractivity contribution is -0.679. The number of aryl methyl sites for hydroxylation is 1. The predicted octanol–water partition coefficient (Wildman–Crippen LogP) is -0.0285. The molecule has 1 aliphatic rings. The van der Waals surface area contributed by atoms with Gasteiger partial charge in [0.25, 0.3) is 5.91 Å². The lowest BCUT2D eigenvalue weighted by Gasteiger charge is -2.25. The number of hydrogen-bond donors (Lipinski definition) is 2. The molecule has 0 unspecified atom stereocenters. The predicted molar refractivity (Wildman–Crippen MR) is 101 cm³/mol. The summed E-state index contributed by atoms with van der Waals surface area (Å²) in [5, 5.41) is 2.98. The second kappa shape index (κ2) is 8.77. The van der Waals surface area contributed by atoms with Crippen molar-refractivity contribution in [1.29, 1.82) is 0 Å². The third kappa shape index (κ3) is 4.71. The van der Waals surface area contributed by atoms with Crippen LogP contribution in [-0.2, 0) is 29.6 Å². The van der Waals surface area contributed by atoms with E-state index in [9.17, 15) is 9.59 Å². The summed E-state index contributed by atoms with van der Waals surface area (Å²) in [5.41, 5.74) is 6.15. The fraction of sp³-hybridized carbons (Fsp3) is 0.381. The van der Waals surface area contributed by atoms with Crippen LogP contribution in [0.1, 0.15) is 24.1 Å². The van der Waals surface area contributed by atoms with Crippen LogP contribution in [0.3, 0.4) is 0 Å². The number of hydrogen-bond acceptors (Lipinski definition) is 2. The molecular formula is C21H28N4O2+2. The number of likely N-dealkylation sites (tertiary alicyclic amines) is 1. The van der Waals surface area contributed by atoms with Gasteiger partial charge < -0.3 is 16.0 Å². The molecule has 0 radical (unpaired) electrons. The molecule has 1 aromatic carbocycles. The zero-order valence-corrected chi connectivity index (χ0v) is 15.8. The maximum Gasteiger partial charge on any atom is 0.281 e. The molecule has 2 atom stereocenters. The summed E-state index contributed by atoms with van der Waals surface area (Å²) < 4.78 is 1.98. The molecule has 1 aromatic heterocycles. The third-order valence-corrected chi connectivity index (χ3v) is 5.12. The number of rotatable bonds is 6. The minimum absolute atomic E-state index is 0.0400. The fourth-order valence-electron chi connectivity index (χ4n) is 3.56. The van der Waals surface area contributed by atoms with Crippen LogP contribution >= 0.6 is 0 Å². The monoisotopic (exact) mass is 368 g/mol. The first-order chi connectivity index (χ1) is 13.1. The van der Waals surface area contributed by atoms with Gasteiger partial charge in [0, 0.05) is 25.1 Å². The molecule has 4 N–H and O–H groups in total. The zero-order valence-electron chi connectivity index (χ0n) is 15.8. The topological polar surface area (TPSA) is 80.9 Å². The Labute approximate surface area is 160 Å². The number of amides is 2. The number of nitrogens with zero attached hydrogens (tertiary/aromatic N) is 2. The Hall–Kier alpha value is -2.73. The summed E-state index contributed by atoms with van der Waals surface area (Å²) in [5.74, 6) is -0.126. The highest BCUT2D eigenvalue weighted by Gasteiger charge is 2.37. The second-order valence-corrected chi connectivity index (χ2v) is 7.10. The number of carbonyl (C=O) groups excluding carboxylic acids is 2. The summed E-state index contributed by atoms with van der Waals surface area (Å²) in [7, 11) is 1.95. The van der Waals surface area contributed by atoms with Gasteiger partial charge in [-0.3, -0.25) is 9.59 Å². The van der Waals surface area contributed by atoms with E-state index in [0.29, 0.717) is 25.9 Å². The van der Waals surface area contributed by atoms with Crippen LogP contribution in [-0.4, -0.2) is 35.3 Å². The van der Waals surface area contributed by atoms with Crippen LogP contribution in [0.4, 0.5) is 0 Å². The summed E-state index contributed by atoms with van der Waals surface area (Å²) in [4.78, 5) is 27.3. The highest BCUT2D eigenvalue weighted by atomic mass is 16.2. The largest absolute Gasteiger partial charge is 0.347 e. The average molecular weight is 368 g/mol. The Morgan fingerprint density at radius 3 is 2.70 bits per heavy atom. The summed E-state index contributed by atoms with van der Waals surface area (Å²) >= 11 is 0. The van der Waals surface area contributed by atoms with Gasteiger partial charge in [0.1, 0.15) is 19.6 Å². The number of aromatic nitrogens is 1. The van der Waals surface area contributed by atoms with Gasteiger partial charge >= 0.3 is 0 Å². The molecule has 6 heteroatoms. The van der Waals surface area contributed by atoms with E-state index in [1.165, 1.54) is 0 Å². The van der Waals surface area contributed by atoms with Gasteiger partial charge in [-0.2, -0.15) is 0 Å². The van der Waals surface area contributed by atoms with Crippen molar-refractivity contribution in [2.24, 2.45) is 7.05 Å². The second-order valence-electron chi connectivity index (χ2n) is 7.10. The van der Waals surface area contributed by atoms with Gasteiger partial charge in [-0.25, -0.2) is 4.57 Å². The van der Waals surface area contributed by atoms with Crippen LogP contribution in [0, 0.1) is 0 Å². The molecule has 2 amide bonds. The van der Waals surface area contributed by atoms with Crippen LogP contribution in [0.15, 0.2) is 54.7 Å². The molecule has 0 saturated carbocycles. The van der Waals surface area contributed by atoms with Crippen LogP contribution in [0.25, 0.3) is 0 Å². The quantitative estimate of drug-likeness (QED) is 0.702. The van der Waals surface area contributed by atoms with Gasteiger partial charge in [0.05, 0.1) is 0 Å². The SMILES string of the molecule is C[n+]1ccccc1CNC(=O)[C@@H]1CCCN1C(=O)[C@H]([NH3+])Cc1ccccc1. The molecule has 1 aliphatic heterocycles. The first kappa shape index (κ1) is 19.0. The first-order valence-electron chi connectivity index (χ1n) is 9.45. The van der Waals surface area contributed by atoms with Gasteiger partial charge in [-0.1, -0.05) is 36.4 Å². The minimum atomic E-state index is -0.397. The smallest absolute Gasteiger partial charge is 0.281 e. The van der Waals surface area contributed by atoms with Crippen molar-refractivity contribution in [3.05, 3.63) is 66.0 Å². The molecule has 2 aromatic rings. The van der Waals surface area contributed by atoms with Crippen molar-refractivity contribution in [3.8, 4) is 0 Å². The van der Waals surface area contributed by atoms with Gasteiger partial charge in [0.2, 0.25) is 5.91 Å². The van der Waals surface area contributed by atoms with E-state index in [2.05, 4.69) is 11.1 Å². The highest BCUT2D eigenvalue weighted by Crippen LogP contribution is 2.19. The number of nitrogens with one attached hydrogen (secondary N) is 1. The molecule has 6 nitrogen and oxygen atoms in total. The van der Waals surface area contributed by atoms with E-state index in [1.807, 2.05) is 66.3 Å². The number of carbonyl (C=O) groups is 2. The standard InChI is InChI=1S/C21H26N4O2/c1-24-12-6-5-10-17(24)15-23-20(26)19-11-7-13-25(19)21(27)18(22)14-16-8-3-2-4-9-16/h2-6,8-10,12,18-19H,7,11,13-15,22H2,1H3/p+2/t18-,19+/m1/s1. The molecule has 0 spiro atoms.